The second-order valence-electron chi connectivity index (χ2n) is 4.17. The lowest BCUT2D eigenvalue weighted by molar-refractivity contribution is 0.0950. The van der Waals surface area contributed by atoms with Gasteiger partial charge >= 0.3 is 0 Å². The summed E-state index contributed by atoms with van der Waals surface area (Å²) in [5.74, 6) is -0.134. The summed E-state index contributed by atoms with van der Waals surface area (Å²) in [5.41, 5.74) is 2.30. The number of aryl methyl sites for hydroxylation is 1. The van der Waals surface area contributed by atoms with E-state index in [2.05, 4.69) is 20.5 Å². The number of nitrogens with zero attached hydrogens (tertiary/aromatic N) is 2. The number of fused-ring (bicyclic) bond motifs is 1. The molecule has 0 fully saturated rings. The fraction of sp³-hybridized carbons (Fsp3) is 0.154. The van der Waals surface area contributed by atoms with Crippen LogP contribution in [0.25, 0.3) is 10.2 Å². The first-order valence-electron chi connectivity index (χ1n) is 5.86. The number of carbonyl (C=O) groups is 1. The lowest BCUT2D eigenvalue weighted by Gasteiger charge is -2.01. The van der Waals surface area contributed by atoms with Gasteiger partial charge in [0, 0.05) is 5.69 Å². The van der Waals surface area contributed by atoms with Crippen molar-refractivity contribution in [2.24, 2.45) is 0 Å². The molecule has 1 amide bonds. The molecule has 0 aliphatic carbocycles. The number of benzene rings is 1. The van der Waals surface area contributed by atoms with Crippen LogP contribution in [-0.4, -0.2) is 21.1 Å². The molecule has 1 aromatic carbocycles. The predicted molar refractivity (Wildman–Crippen MR) is 74.1 cm³/mol. The molecule has 0 unspecified atom stereocenters. The van der Waals surface area contributed by atoms with Gasteiger partial charge in [-0.1, -0.05) is 12.1 Å². The van der Waals surface area contributed by atoms with E-state index in [0.717, 1.165) is 20.9 Å². The van der Waals surface area contributed by atoms with Crippen molar-refractivity contribution in [2.45, 2.75) is 13.5 Å². The highest BCUT2D eigenvalue weighted by Gasteiger charge is 2.11. The molecule has 0 spiro atoms. The van der Waals surface area contributed by atoms with E-state index in [1.807, 2.05) is 31.2 Å². The van der Waals surface area contributed by atoms with Crippen LogP contribution < -0.4 is 5.32 Å². The summed E-state index contributed by atoms with van der Waals surface area (Å²) in [6, 6.07) is 7.94. The van der Waals surface area contributed by atoms with Gasteiger partial charge in [-0.2, -0.15) is 5.10 Å². The number of carbonyl (C=O) groups excluding carboxylic acids is 1. The topological polar surface area (TPSA) is 70.7 Å². The highest BCUT2D eigenvalue weighted by atomic mass is 32.1. The van der Waals surface area contributed by atoms with Crippen LogP contribution >= 0.6 is 11.3 Å². The number of aromatic amines is 1. The first-order valence-corrected chi connectivity index (χ1v) is 6.68. The largest absolute Gasteiger partial charge is 0.345 e. The first kappa shape index (κ1) is 11.9. The van der Waals surface area contributed by atoms with Crippen molar-refractivity contribution in [1.82, 2.24) is 20.5 Å². The zero-order chi connectivity index (χ0) is 13.2. The minimum atomic E-state index is -0.134. The fourth-order valence-electron chi connectivity index (χ4n) is 1.83. The van der Waals surface area contributed by atoms with E-state index in [-0.39, 0.29) is 5.91 Å². The van der Waals surface area contributed by atoms with E-state index in [1.165, 1.54) is 6.20 Å². The first-order chi connectivity index (χ1) is 9.24. The van der Waals surface area contributed by atoms with Gasteiger partial charge in [-0.15, -0.1) is 11.3 Å². The summed E-state index contributed by atoms with van der Waals surface area (Å²) in [7, 11) is 0. The summed E-state index contributed by atoms with van der Waals surface area (Å²) in [5, 5.41) is 10.3. The Morgan fingerprint density at radius 3 is 3.00 bits per heavy atom. The second kappa shape index (κ2) is 4.81. The predicted octanol–water partition coefficient (Wildman–Crippen LogP) is 2.26. The Morgan fingerprint density at radius 1 is 1.42 bits per heavy atom. The third-order valence-corrected chi connectivity index (χ3v) is 3.85. The van der Waals surface area contributed by atoms with Gasteiger partial charge in [0.15, 0.2) is 0 Å². The second-order valence-corrected chi connectivity index (χ2v) is 5.28. The maximum absolute atomic E-state index is 11.9. The molecular weight excluding hydrogens is 260 g/mol. The van der Waals surface area contributed by atoms with Crippen molar-refractivity contribution in [3.63, 3.8) is 0 Å². The Hall–Kier alpha value is -2.21. The molecule has 0 saturated heterocycles. The lowest BCUT2D eigenvalue weighted by Crippen LogP contribution is -2.22. The maximum atomic E-state index is 11.9. The number of thiazole rings is 1. The van der Waals surface area contributed by atoms with Crippen molar-refractivity contribution in [3.05, 3.63) is 46.7 Å². The van der Waals surface area contributed by atoms with E-state index in [0.29, 0.717) is 12.1 Å². The van der Waals surface area contributed by atoms with Crippen molar-refractivity contribution in [2.75, 3.05) is 0 Å². The molecule has 6 heteroatoms. The monoisotopic (exact) mass is 272 g/mol. The van der Waals surface area contributed by atoms with Gasteiger partial charge in [0.05, 0.1) is 28.5 Å². The van der Waals surface area contributed by atoms with E-state index in [9.17, 15) is 4.79 Å². The molecule has 0 saturated carbocycles. The van der Waals surface area contributed by atoms with Crippen LogP contribution in [0.4, 0.5) is 0 Å². The average Bonchev–Trinajstić information content (AvgIpc) is 3.01. The van der Waals surface area contributed by atoms with Gasteiger partial charge in [0.2, 0.25) is 0 Å². The molecule has 2 aromatic heterocycles. The molecule has 19 heavy (non-hydrogen) atoms. The molecule has 2 N–H and O–H groups in total. The van der Waals surface area contributed by atoms with Gasteiger partial charge in [-0.05, 0) is 19.1 Å². The van der Waals surface area contributed by atoms with Crippen molar-refractivity contribution in [3.8, 4) is 0 Å². The fourth-order valence-corrected chi connectivity index (χ4v) is 2.73. The molecule has 2 heterocycles. The lowest BCUT2D eigenvalue weighted by atomic mass is 10.2. The Kier molecular flexibility index (Phi) is 3.00. The number of rotatable bonds is 3. The summed E-state index contributed by atoms with van der Waals surface area (Å²) in [4.78, 5) is 16.4. The van der Waals surface area contributed by atoms with Crippen LogP contribution in [0.1, 0.15) is 21.1 Å². The molecule has 5 nitrogen and oxygen atoms in total. The zero-order valence-corrected chi connectivity index (χ0v) is 11.1. The summed E-state index contributed by atoms with van der Waals surface area (Å²) in [6.45, 7) is 2.25. The van der Waals surface area contributed by atoms with Crippen LogP contribution in [0.2, 0.25) is 0 Å². The van der Waals surface area contributed by atoms with E-state index in [1.54, 1.807) is 11.3 Å². The number of amides is 1. The highest BCUT2D eigenvalue weighted by Crippen LogP contribution is 2.21. The maximum Gasteiger partial charge on any atom is 0.255 e. The Morgan fingerprint density at radius 2 is 2.26 bits per heavy atom. The van der Waals surface area contributed by atoms with E-state index >= 15 is 0 Å². The molecule has 0 aliphatic heterocycles. The zero-order valence-electron chi connectivity index (χ0n) is 10.3. The molecule has 0 atom stereocenters. The normalized spacial score (nSPS) is 10.8. The number of hydrogen-bond donors (Lipinski definition) is 2. The number of aromatic nitrogens is 3. The van der Waals surface area contributed by atoms with Crippen molar-refractivity contribution >= 4 is 27.5 Å². The van der Waals surface area contributed by atoms with Crippen LogP contribution in [0.3, 0.4) is 0 Å². The molecule has 0 bridgehead atoms. The standard InChI is InChI=1S/C13H12N4OS/c1-8-9(6-15-17-8)13(18)14-7-12-16-10-4-2-3-5-11(10)19-12/h2-6H,7H2,1H3,(H,14,18)(H,15,17). The van der Waals surface area contributed by atoms with Gasteiger partial charge in [-0.3, -0.25) is 9.89 Å². The number of hydrogen-bond acceptors (Lipinski definition) is 4. The molecule has 0 radical (unpaired) electrons. The number of para-hydroxylation sites is 1. The SMILES string of the molecule is Cc1[nH]ncc1C(=O)NCc1nc2ccccc2s1. The number of nitrogens with one attached hydrogen (secondary N) is 2. The van der Waals surface area contributed by atoms with Crippen LogP contribution in [-0.2, 0) is 6.54 Å². The average molecular weight is 272 g/mol. The molecule has 3 rings (SSSR count). The van der Waals surface area contributed by atoms with Gasteiger partial charge in [0.1, 0.15) is 5.01 Å². The van der Waals surface area contributed by atoms with Crippen LogP contribution in [0.5, 0.6) is 0 Å². The third kappa shape index (κ3) is 2.34. The minimum Gasteiger partial charge on any atom is -0.345 e. The third-order valence-electron chi connectivity index (χ3n) is 2.81. The summed E-state index contributed by atoms with van der Waals surface area (Å²) >= 11 is 1.59. The van der Waals surface area contributed by atoms with E-state index < -0.39 is 0 Å². The van der Waals surface area contributed by atoms with Gasteiger partial charge in [-0.25, -0.2) is 4.98 Å². The summed E-state index contributed by atoms with van der Waals surface area (Å²) < 4.78 is 1.13. The number of H-pyrrole nitrogens is 1. The molecule has 96 valence electrons. The molecular formula is C13H12N4OS. The smallest absolute Gasteiger partial charge is 0.255 e. The van der Waals surface area contributed by atoms with Crippen LogP contribution in [0.15, 0.2) is 30.5 Å². The van der Waals surface area contributed by atoms with Crippen LogP contribution in [0, 0.1) is 6.92 Å². The van der Waals surface area contributed by atoms with E-state index in [4.69, 9.17) is 0 Å². The summed E-state index contributed by atoms with van der Waals surface area (Å²) in [6.07, 6.45) is 1.53. The quantitative estimate of drug-likeness (QED) is 0.768. The molecule has 0 aliphatic rings. The minimum absolute atomic E-state index is 0.134. The van der Waals surface area contributed by atoms with Crippen molar-refractivity contribution < 1.29 is 4.79 Å². The van der Waals surface area contributed by atoms with Gasteiger partial charge in [0.25, 0.3) is 5.91 Å². The van der Waals surface area contributed by atoms with Crippen molar-refractivity contribution in [1.29, 1.82) is 0 Å². The van der Waals surface area contributed by atoms with Gasteiger partial charge < -0.3 is 5.32 Å². The Balaban J connectivity index is 1.72. The highest BCUT2D eigenvalue weighted by molar-refractivity contribution is 7.18. The Bertz CT molecular complexity index is 698. The molecule has 3 aromatic rings. The Labute approximate surface area is 113 Å².